The van der Waals surface area contributed by atoms with E-state index < -0.39 is 5.54 Å². The van der Waals surface area contributed by atoms with Crippen molar-refractivity contribution in [3.63, 3.8) is 0 Å². The number of hydrogen-bond acceptors (Lipinski definition) is 4. The van der Waals surface area contributed by atoms with Crippen LogP contribution in [0.1, 0.15) is 19.3 Å². The first-order valence-electron chi connectivity index (χ1n) is 4.64. The van der Waals surface area contributed by atoms with Gasteiger partial charge in [0.15, 0.2) is 0 Å². The van der Waals surface area contributed by atoms with Crippen LogP contribution in [0.5, 0.6) is 0 Å². The normalized spacial score (nSPS) is 18.9. The van der Waals surface area contributed by atoms with Crippen LogP contribution in [0.15, 0.2) is 17.1 Å². The first kappa shape index (κ1) is 9.21. The van der Waals surface area contributed by atoms with Gasteiger partial charge in [-0.3, -0.25) is 4.57 Å². The molecule has 0 aromatic carbocycles. The lowest BCUT2D eigenvalue weighted by Crippen LogP contribution is -2.49. The standard InChI is InChI=1S/C9H13N3O2/c10-7-2-5-12(8(14)11-7)9(6-13)3-1-4-9/h2,5,13H,1,3-4,6H2,(H2,10,11,14). The van der Waals surface area contributed by atoms with Crippen LogP contribution in [0.3, 0.4) is 0 Å². The molecule has 14 heavy (non-hydrogen) atoms. The van der Waals surface area contributed by atoms with Crippen LogP contribution in [0, 0.1) is 0 Å². The number of aromatic nitrogens is 2. The summed E-state index contributed by atoms with van der Waals surface area (Å²) >= 11 is 0. The quantitative estimate of drug-likeness (QED) is 0.678. The molecule has 2 rings (SSSR count). The molecule has 0 amide bonds. The number of aliphatic hydroxyl groups excluding tert-OH is 1. The van der Waals surface area contributed by atoms with Crippen molar-refractivity contribution in [3.8, 4) is 0 Å². The van der Waals surface area contributed by atoms with Crippen LogP contribution in [0.4, 0.5) is 5.82 Å². The first-order chi connectivity index (χ1) is 6.68. The Bertz CT molecular complexity index is 390. The van der Waals surface area contributed by atoms with Crippen molar-refractivity contribution in [1.29, 1.82) is 0 Å². The lowest BCUT2D eigenvalue weighted by Gasteiger charge is -2.41. The van der Waals surface area contributed by atoms with E-state index in [2.05, 4.69) is 4.98 Å². The predicted molar refractivity (Wildman–Crippen MR) is 51.8 cm³/mol. The van der Waals surface area contributed by atoms with Crippen molar-refractivity contribution >= 4 is 5.82 Å². The molecule has 3 N–H and O–H groups in total. The lowest BCUT2D eigenvalue weighted by molar-refractivity contribution is 0.0508. The first-order valence-corrected chi connectivity index (χ1v) is 4.64. The monoisotopic (exact) mass is 195 g/mol. The van der Waals surface area contributed by atoms with E-state index in [-0.39, 0.29) is 18.1 Å². The van der Waals surface area contributed by atoms with Gasteiger partial charge in [-0.2, -0.15) is 4.98 Å². The fraction of sp³-hybridized carbons (Fsp3) is 0.556. The molecule has 0 atom stereocenters. The molecule has 0 saturated heterocycles. The molecule has 0 radical (unpaired) electrons. The van der Waals surface area contributed by atoms with Crippen molar-refractivity contribution in [3.05, 3.63) is 22.7 Å². The number of aliphatic hydroxyl groups is 1. The van der Waals surface area contributed by atoms with Gasteiger partial charge in [-0.25, -0.2) is 4.79 Å². The van der Waals surface area contributed by atoms with Crippen LogP contribution in [0.25, 0.3) is 0 Å². The van der Waals surface area contributed by atoms with Crippen LogP contribution in [0.2, 0.25) is 0 Å². The maximum atomic E-state index is 11.5. The summed E-state index contributed by atoms with van der Waals surface area (Å²) in [6, 6.07) is 1.58. The Morgan fingerprint density at radius 3 is 2.79 bits per heavy atom. The van der Waals surface area contributed by atoms with Crippen LogP contribution in [-0.4, -0.2) is 21.3 Å². The molecule has 0 spiro atoms. The van der Waals surface area contributed by atoms with E-state index in [0.717, 1.165) is 19.3 Å². The van der Waals surface area contributed by atoms with Gasteiger partial charge in [0.1, 0.15) is 5.82 Å². The van der Waals surface area contributed by atoms with E-state index in [1.807, 2.05) is 0 Å². The SMILES string of the molecule is Nc1ccn(C2(CO)CCC2)c(=O)n1. The van der Waals surface area contributed by atoms with Crippen molar-refractivity contribution in [1.82, 2.24) is 9.55 Å². The number of nitrogens with zero attached hydrogens (tertiary/aromatic N) is 2. The number of anilines is 1. The van der Waals surface area contributed by atoms with Gasteiger partial charge >= 0.3 is 5.69 Å². The van der Waals surface area contributed by atoms with Crippen LogP contribution >= 0.6 is 0 Å². The van der Waals surface area contributed by atoms with Crippen molar-refractivity contribution in [2.45, 2.75) is 24.8 Å². The average molecular weight is 195 g/mol. The summed E-state index contributed by atoms with van der Waals surface area (Å²) in [4.78, 5) is 15.1. The van der Waals surface area contributed by atoms with Gasteiger partial charge in [-0.05, 0) is 25.3 Å². The van der Waals surface area contributed by atoms with Crippen LogP contribution < -0.4 is 11.4 Å². The molecule has 0 bridgehead atoms. The molecule has 5 nitrogen and oxygen atoms in total. The third-order valence-corrected chi connectivity index (χ3v) is 2.91. The van der Waals surface area contributed by atoms with Gasteiger partial charge in [0.25, 0.3) is 0 Å². The van der Waals surface area contributed by atoms with Crippen molar-refractivity contribution in [2.75, 3.05) is 12.3 Å². The maximum absolute atomic E-state index is 11.5. The lowest BCUT2D eigenvalue weighted by atomic mass is 9.77. The van der Waals surface area contributed by atoms with Gasteiger partial charge in [-0.1, -0.05) is 0 Å². The fourth-order valence-corrected chi connectivity index (χ4v) is 1.84. The summed E-state index contributed by atoms with van der Waals surface area (Å²) in [6.07, 6.45) is 4.31. The summed E-state index contributed by atoms with van der Waals surface area (Å²) in [5.74, 6) is 0.221. The molecule has 1 heterocycles. The summed E-state index contributed by atoms with van der Waals surface area (Å²) in [5, 5.41) is 9.26. The van der Waals surface area contributed by atoms with E-state index in [9.17, 15) is 9.90 Å². The molecular formula is C9H13N3O2. The maximum Gasteiger partial charge on any atom is 0.350 e. The summed E-state index contributed by atoms with van der Waals surface area (Å²) < 4.78 is 1.49. The molecule has 1 aliphatic carbocycles. The smallest absolute Gasteiger partial charge is 0.350 e. The third kappa shape index (κ3) is 1.21. The summed E-state index contributed by atoms with van der Waals surface area (Å²) in [6.45, 7) is -0.0154. The molecule has 1 fully saturated rings. The molecule has 5 heteroatoms. The Morgan fingerprint density at radius 1 is 1.64 bits per heavy atom. The molecule has 1 aromatic rings. The topological polar surface area (TPSA) is 81.1 Å². The number of rotatable bonds is 2. The Labute approximate surface area is 81.2 Å². The minimum absolute atomic E-state index is 0.0154. The van der Waals surface area contributed by atoms with E-state index in [1.165, 1.54) is 4.57 Å². The zero-order valence-corrected chi connectivity index (χ0v) is 7.81. The second-order valence-corrected chi connectivity index (χ2v) is 3.74. The van der Waals surface area contributed by atoms with Crippen molar-refractivity contribution in [2.24, 2.45) is 0 Å². The Morgan fingerprint density at radius 2 is 2.36 bits per heavy atom. The highest BCUT2D eigenvalue weighted by atomic mass is 16.3. The molecule has 1 saturated carbocycles. The van der Waals surface area contributed by atoms with Gasteiger partial charge in [0, 0.05) is 6.20 Å². The Kier molecular flexibility index (Phi) is 2.03. The molecule has 1 aliphatic rings. The van der Waals surface area contributed by atoms with E-state index in [4.69, 9.17) is 5.73 Å². The van der Waals surface area contributed by atoms with Crippen LogP contribution in [-0.2, 0) is 5.54 Å². The Hall–Kier alpha value is -1.36. The second-order valence-electron chi connectivity index (χ2n) is 3.74. The van der Waals surface area contributed by atoms with Gasteiger partial charge < -0.3 is 10.8 Å². The summed E-state index contributed by atoms with van der Waals surface area (Å²) in [5.41, 5.74) is 4.59. The zero-order valence-electron chi connectivity index (χ0n) is 7.81. The predicted octanol–water partition coefficient (Wildman–Crippen LogP) is -0.303. The minimum Gasteiger partial charge on any atom is -0.394 e. The third-order valence-electron chi connectivity index (χ3n) is 2.91. The average Bonchev–Trinajstić information content (AvgIpc) is 2.07. The number of nitrogens with two attached hydrogens (primary N) is 1. The minimum atomic E-state index is -0.419. The van der Waals surface area contributed by atoms with E-state index >= 15 is 0 Å². The zero-order chi connectivity index (χ0) is 10.2. The largest absolute Gasteiger partial charge is 0.394 e. The van der Waals surface area contributed by atoms with Gasteiger partial charge in [-0.15, -0.1) is 0 Å². The molecule has 76 valence electrons. The van der Waals surface area contributed by atoms with Gasteiger partial charge in [0.2, 0.25) is 0 Å². The highest BCUT2D eigenvalue weighted by molar-refractivity contribution is 5.24. The van der Waals surface area contributed by atoms with E-state index in [1.54, 1.807) is 12.3 Å². The Balaban J connectivity index is 2.45. The van der Waals surface area contributed by atoms with E-state index in [0.29, 0.717) is 0 Å². The molecule has 1 aromatic heterocycles. The molecular weight excluding hydrogens is 182 g/mol. The van der Waals surface area contributed by atoms with Gasteiger partial charge in [0.05, 0.1) is 12.1 Å². The van der Waals surface area contributed by atoms with Crippen molar-refractivity contribution < 1.29 is 5.11 Å². The number of hydrogen-bond donors (Lipinski definition) is 2. The highest BCUT2D eigenvalue weighted by Gasteiger charge is 2.38. The molecule has 0 unspecified atom stereocenters. The second kappa shape index (κ2) is 3.09. The summed E-state index contributed by atoms with van der Waals surface area (Å²) in [7, 11) is 0. The fourth-order valence-electron chi connectivity index (χ4n) is 1.84. The number of nitrogen functional groups attached to an aromatic ring is 1. The highest BCUT2D eigenvalue weighted by Crippen LogP contribution is 2.37. The molecule has 0 aliphatic heterocycles.